The molecule has 0 atom stereocenters. The van der Waals surface area contributed by atoms with Gasteiger partial charge in [0.1, 0.15) is 6.61 Å². The van der Waals surface area contributed by atoms with E-state index in [1.807, 2.05) is 37.3 Å². The van der Waals surface area contributed by atoms with E-state index in [1.165, 1.54) is 0 Å². The number of benzene rings is 2. The molecule has 0 aromatic heterocycles. The smallest absolute Gasteiger partial charge is 0.165 e. The Labute approximate surface area is 142 Å². The molecule has 23 heavy (non-hydrogen) atoms. The van der Waals surface area contributed by atoms with Gasteiger partial charge in [-0.1, -0.05) is 35.9 Å². The fourth-order valence-electron chi connectivity index (χ4n) is 2.31. The van der Waals surface area contributed by atoms with E-state index in [2.05, 4.69) is 6.58 Å². The minimum absolute atomic E-state index is 0.0466. The van der Waals surface area contributed by atoms with Gasteiger partial charge in [0.05, 0.1) is 13.2 Å². The van der Waals surface area contributed by atoms with Crippen molar-refractivity contribution in [3.63, 3.8) is 0 Å². The number of hydrogen-bond acceptors (Lipinski definition) is 3. The lowest BCUT2D eigenvalue weighted by atomic mass is 10.1. The van der Waals surface area contributed by atoms with Gasteiger partial charge in [-0.2, -0.15) is 0 Å². The van der Waals surface area contributed by atoms with Crippen LogP contribution < -0.4 is 9.47 Å². The second-order valence-electron chi connectivity index (χ2n) is 5.05. The van der Waals surface area contributed by atoms with Crippen molar-refractivity contribution in [1.29, 1.82) is 0 Å². The van der Waals surface area contributed by atoms with Gasteiger partial charge in [-0.05, 0) is 37.1 Å². The first kappa shape index (κ1) is 17.4. The van der Waals surface area contributed by atoms with Crippen LogP contribution in [0, 0.1) is 0 Å². The Hall–Kier alpha value is -1.97. The van der Waals surface area contributed by atoms with Crippen molar-refractivity contribution in [3.05, 3.63) is 70.8 Å². The van der Waals surface area contributed by atoms with E-state index < -0.39 is 0 Å². The van der Waals surface area contributed by atoms with Crippen molar-refractivity contribution >= 4 is 11.6 Å². The van der Waals surface area contributed by atoms with Crippen molar-refractivity contribution in [1.82, 2.24) is 0 Å². The first-order valence-corrected chi connectivity index (χ1v) is 7.94. The SMILES string of the molecule is C=CCc1cc(CO)cc(OCC)c1OCc1ccccc1Cl. The van der Waals surface area contributed by atoms with Crippen LogP contribution in [0.2, 0.25) is 5.02 Å². The zero-order chi connectivity index (χ0) is 16.7. The third-order valence-corrected chi connectivity index (χ3v) is 3.74. The Morgan fingerprint density at radius 1 is 1.17 bits per heavy atom. The van der Waals surface area contributed by atoms with Gasteiger partial charge in [0.2, 0.25) is 0 Å². The van der Waals surface area contributed by atoms with Crippen molar-refractivity contribution in [2.24, 2.45) is 0 Å². The summed E-state index contributed by atoms with van der Waals surface area (Å²) >= 11 is 6.18. The molecule has 0 fully saturated rings. The first-order chi connectivity index (χ1) is 11.2. The fourth-order valence-corrected chi connectivity index (χ4v) is 2.50. The summed E-state index contributed by atoms with van der Waals surface area (Å²) in [7, 11) is 0. The second-order valence-corrected chi connectivity index (χ2v) is 5.45. The molecule has 0 aliphatic carbocycles. The molecule has 0 unspecified atom stereocenters. The maximum absolute atomic E-state index is 9.42. The van der Waals surface area contributed by atoms with Gasteiger partial charge in [-0.15, -0.1) is 6.58 Å². The van der Waals surface area contributed by atoms with Crippen LogP contribution in [0.15, 0.2) is 49.1 Å². The third-order valence-electron chi connectivity index (χ3n) is 3.37. The standard InChI is InChI=1S/C19H21ClO3/c1-3-7-15-10-14(12-21)11-18(22-4-2)19(15)23-13-16-8-5-6-9-17(16)20/h3,5-6,8-11,21H,1,4,7,12-13H2,2H3. The summed E-state index contributed by atoms with van der Waals surface area (Å²) < 4.78 is 11.7. The summed E-state index contributed by atoms with van der Waals surface area (Å²) in [6.45, 7) is 6.52. The molecule has 0 heterocycles. The highest BCUT2D eigenvalue weighted by atomic mass is 35.5. The molecule has 2 rings (SSSR count). The summed E-state index contributed by atoms with van der Waals surface area (Å²) in [5.41, 5.74) is 2.63. The predicted molar refractivity (Wildman–Crippen MR) is 93.2 cm³/mol. The molecule has 0 saturated carbocycles. The summed E-state index contributed by atoms with van der Waals surface area (Å²) in [6.07, 6.45) is 2.43. The molecule has 2 aromatic carbocycles. The normalized spacial score (nSPS) is 10.4. The fraction of sp³-hybridized carbons (Fsp3) is 0.263. The van der Waals surface area contributed by atoms with E-state index >= 15 is 0 Å². The van der Waals surface area contributed by atoms with Gasteiger partial charge >= 0.3 is 0 Å². The molecule has 0 aliphatic heterocycles. The molecule has 122 valence electrons. The summed E-state index contributed by atoms with van der Waals surface area (Å²) in [6, 6.07) is 11.3. The number of allylic oxidation sites excluding steroid dienone is 1. The molecule has 4 heteroatoms. The van der Waals surface area contributed by atoms with E-state index in [0.29, 0.717) is 36.2 Å². The zero-order valence-corrected chi connectivity index (χ0v) is 14.0. The molecule has 1 N–H and O–H groups in total. The van der Waals surface area contributed by atoms with Crippen LogP contribution in [-0.4, -0.2) is 11.7 Å². The van der Waals surface area contributed by atoms with Gasteiger partial charge in [0.15, 0.2) is 11.5 Å². The van der Waals surface area contributed by atoms with Crippen molar-refractivity contribution in [3.8, 4) is 11.5 Å². The van der Waals surface area contributed by atoms with Crippen LogP contribution in [0.1, 0.15) is 23.6 Å². The number of hydrogen-bond donors (Lipinski definition) is 1. The van der Waals surface area contributed by atoms with Crippen molar-refractivity contribution in [2.75, 3.05) is 6.61 Å². The highest BCUT2D eigenvalue weighted by molar-refractivity contribution is 6.31. The maximum Gasteiger partial charge on any atom is 0.165 e. The molecular weight excluding hydrogens is 312 g/mol. The number of aliphatic hydroxyl groups is 1. The molecule has 2 aromatic rings. The third kappa shape index (κ3) is 4.50. The molecule has 0 amide bonds. The van der Waals surface area contributed by atoms with Crippen LogP contribution in [0.3, 0.4) is 0 Å². The van der Waals surface area contributed by atoms with Crippen LogP contribution >= 0.6 is 11.6 Å². The van der Waals surface area contributed by atoms with Crippen LogP contribution in [-0.2, 0) is 19.6 Å². The number of rotatable bonds is 8. The minimum Gasteiger partial charge on any atom is -0.490 e. The average Bonchev–Trinajstić information content (AvgIpc) is 2.55. The molecule has 0 saturated heterocycles. The highest BCUT2D eigenvalue weighted by Crippen LogP contribution is 2.35. The average molecular weight is 333 g/mol. The van der Waals surface area contributed by atoms with Gasteiger partial charge in [-0.25, -0.2) is 0 Å². The van der Waals surface area contributed by atoms with Gasteiger partial charge in [0, 0.05) is 16.1 Å². The van der Waals surface area contributed by atoms with Gasteiger partial charge in [0.25, 0.3) is 0 Å². The lowest BCUT2D eigenvalue weighted by Crippen LogP contribution is -2.04. The van der Waals surface area contributed by atoms with E-state index in [1.54, 1.807) is 12.1 Å². The molecular formula is C19H21ClO3. The molecule has 0 bridgehead atoms. The summed E-state index contributed by atoms with van der Waals surface area (Å²) in [5, 5.41) is 10.1. The number of ether oxygens (including phenoxy) is 2. The van der Waals surface area contributed by atoms with Crippen LogP contribution in [0.4, 0.5) is 0 Å². The minimum atomic E-state index is -0.0466. The van der Waals surface area contributed by atoms with E-state index in [0.717, 1.165) is 16.7 Å². The van der Waals surface area contributed by atoms with E-state index in [9.17, 15) is 5.11 Å². The lowest BCUT2D eigenvalue weighted by molar-refractivity contribution is 0.262. The molecule has 0 radical (unpaired) electrons. The summed E-state index contributed by atoms with van der Waals surface area (Å²) in [5.74, 6) is 1.30. The van der Waals surface area contributed by atoms with E-state index in [4.69, 9.17) is 21.1 Å². The Bertz CT molecular complexity index is 668. The molecule has 0 spiro atoms. The van der Waals surface area contributed by atoms with Crippen LogP contribution in [0.25, 0.3) is 0 Å². The largest absolute Gasteiger partial charge is 0.490 e. The topological polar surface area (TPSA) is 38.7 Å². The Kier molecular flexibility index (Phi) is 6.51. The highest BCUT2D eigenvalue weighted by Gasteiger charge is 2.14. The van der Waals surface area contributed by atoms with Crippen molar-refractivity contribution in [2.45, 2.75) is 26.6 Å². The quantitative estimate of drug-likeness (QED) is 0.721. The zero-order valence-electron chi connectivity index (χ0n) is 13.2. The first-order valence-electron chi connectivity index (χ1n) is 7.56. The van der Waals surface area contributed by atoms with Crippen molar-refractivity contribution < 1.29 is 14.6 Å². The monoisotopic (exact) mass is 332 g/mol. The maximum atomic E-state index is 9.42. The van der Waals surface area contributed by atoms with Crippen LogP contribution in [0.5, 0.6) is 11.5 Å². The Morgan fingerprint density at radius 3 is 2.61 bits per heavy atom. The second kappa shape index (κ2) is 8.61. The summed E-state index contributed by atoms with van der Waals surface area (Å²) in [4.78, 5) is 0. The number of halogens is 1. The number of aliphatic hydroxyl groups excluding tert-OH is 1. The van der Waals surface area contributed by atoms with E-state index in [-0.39, 0.29) is 6.61 Å². The van der Waals surface area contributed by atoms with Gasteiger partial charge < -0.3 is 14.6 Å². The molecule has 0 aliphatic rings. The lowest BCUT2D eigenvalue weighted by Gasteiger charge is -2.17. The predicted octanol–water partition coefficient (Wildman–Crippen LogP) is 4.54. The molecule has 3 nitrogen and oxygen atoms in total. The van der Waals surface area contributed by atoms with Gasteiger partial charge in [-0.3, -0.25) is 0 Å². The Morgan fingerprint density at radius 2 is 1.96 bits per heavy atom. The Balaban J connectivity index is 2.33.